The van der Waals surface area contributed by atoms with Crippen molar-refractivity contribution in [2.45, 2.75) is 51.5 Å². The van der Waals surface area contributed by atoms with Crippen LogP contribution in [0.25, 0.3) is 11.4 Å². The number of fused-ring (bicyclic) bond motifs is 2. The fourth-order valence-corrected chi connectivity index (χ4v) is 4.53. The number of pyridine rings is 1. The molecule has 17 heteroatoms. The number of nitrogens with one attached hydrogen (secondary N) is 1. The zero-order chi connectivity index (χ0) is 27.7. The maximum atomic E-state index is 13.5. The van der Waals surface area contributed by atoms with Gasteiger partial charge >= 0.3 is 12.1 Å². The Kier molecular flexibility index (Phi) is 7.24. The summed E-state index contributed by atoms with van der Waals surface area (Å²) in [6.45, 7) is 2.29. The van der Waals surface area contributed by atoms with E-state index in [1.165, 1.54) is 4.90 Å². The fraction of sp³-hybridized carbons (Fsp3) is 0.409. The van der Waals surface area contributed by atoms with Crippen molar-refractivity contribution >= 4 is 39.5 Å². The van der Waals surface area contributed by atoms with Crippen LogP contribution in [0.4, 0.5) is 19.0 Å². The molecule has 0 fully saturated rings. The van der Waals surface area contributed by atoms with E-state index in [1.807, 2.05) is 6.92 Å². The quantitative estimate of drug-likeness (QED) is 0.356. The number of anilines is 1. The van der Waals surface area contributed by atoms with Gasteiger partial charge in [-0.1, -0.05) is 30.1 Å². The smallest absolute Gasteiger partial charge is 0.339 e. The van der Waals surface area contributed by atoms with Crippen LogP contribution in [-0.2, 0) is 16.1 Å². The van der Waals surface area contributed by atoms with E-state index in [9.17, 15) is 22.8 Å². The molecule has 0 bridgehead atoms. The highest BCUT2D eigenvalue weighted by Gasteiger charge is 2.52. The number of halogens is 4. The Balaban J connectivity index is 1.45. The van der Waals surface area contributed by atoms with Crippen molar-refractivity contribution in [2.24, 2.45) is 5.10 Å². The number of hydrazone groups is 1. The minimum atomic E-state index is -5.28. The molecule has 1 N–H and O–H groups in total. The van der Waals surface area contributed by atoms with Crippen molar-refractivity contribution in [2.75, 3.05) is 11.4 Å². The zero-order valence-corrected chi connectivity index (χ0v) is 21.9. The second-order valence-electron chi connectivity index (χ2n) is 8.60. The standard InChI is InChI=1S/C22H21BrF3N9O4/c1-2-3-4-10-33-17-15(29-20(23)30-17)18(36)34-13(31-35(21(33)34)39-19(37)22(24,25)26)7-8-14-28-16(32-38-14)12-6-5-9-27-11-12/h5-6,9,11,21H,2-4,7-8,10H2,1H3,(H,29,30). The van der Waals surface area contributed by atoms with E-state index in [4.69, 9.17) is 4.52 Å². The van der Waals surface area contributed by atoms with Gasteiger partial charge in [0.25, 0.3) is 5.91 Å². The molecule has 0 saturated heterocycles. The molecule has 2 aliphatic heterocycles. The Hall–Kier alpha value is -4.02. The van der Waals surface area contributed by atoms with Gasteiger partial charge in [-0.3, -0.25) is 9.78 Å². The molecule has 0 radical (unpaired) electrons. The van der Waals surface area contributed by atoms with E-state index >= 15 is 0 Å². The number of hydrogen-bond donors (Lipinski definition) is 1. The molecular weight excluding hydrogens is 591 g/mol. The number of imidazole rings is 1. The maximum Gasteiger partial charge on any atom is 0.493 e. The molecule has 0 saturated carbocycles. The Labute approximate surface area is 227 Å². The van der Waals surface area contributed by atoms with Gasteiger partial charge in [0.05, 0.1) is 0 Å². The number of alkyl halides is 3. The topological polar surface area (TPSA) is 146 Å². The normalized spacial score (nSPS) is 16.8. The first-order valence-electron chi connectivity index (χ1n) is 11.9. The number of hydroxylamine groups is 1. The van der Waals surface area contributed by atoms with Crippen LogP contribution in [0.15, 0.2) is 38.9 Å². The molecule has 1 unspecified atom stereocenters. The number of amidine groups is 1. The van der Waals surface area contributed by atoms with Crippen molar-refractivity contribution in [1.29, 1.82) is 0 Å². The number of aromatic amines is 1. The molecule has 1 amide bonds. The Morgan fingerprint density at radius 3 is 2.79 bits per heavy atom. The van der Waals surface area contributed by atoms with E-state index in [0.717, 1.165) is 12.8 Å². The summed E-state index contributed by atoms with van der Waals surface area (Å²) in [5, 5.41) is 8.51. The van der Waals surface area contributed by atoms with E-state index < -0.39 is 24.3 Å². The number of aromatic nitrogens is 5. The third-order valence-corrected chi connectivity index (χ3v) is 6.30. The predicted molar refractivity (Wildman–Crippen MR) is 130 cm³/mol. The van der Waals surface area contributed by atoms with Gasteiger partial charge in [-0.25, -0.2) is 14.7 Å². The van der Waals surface area contributed by atoms with Crippen LogP contribution in [0, 0.1) is 0 Å². The minimum absolute atomic E-state index is 0.00439. The lowest BCUT2D eigenvalue weighted by Crippen LogP contribution is -2.60. The van der Waals surface area contributed by atoms with Crippen LogP contribution in [0.3, 0.4) is 0 Å². The number of aryl methyl sites for hydroxylation is 1. The SMILES string of the molecule is CCCCCN1c2nc(Br)[nH]c2C(=O)N2C(CCc3nc(-c4cccnc4)no3)=NN(OC(=O)C(F)(F)F)C21. The van der Waals surface area contributed by atoms with Crippen molar-refractivity contribution in [3.05, 3.63) is 40.8 Å². The lowest BCUT2D eigenvalue weighted by molar-refractivity contribution is -0.249. The number of carbonyl (C=O) groups excluding carboxylic acids is 2. The number of hydrogen-bond acceptors (Lipinski definition) is 11. The number of unbranched alkanes of at least 4 members (excludes halogenated alkanes) is 2. The minimum Gasteiger partial charge on any atom is -0.339 e. The summed E-state index contributed by atoms with van der Waals surface area (Å²) in [6, 6.07) is 3.46. The van der Waals surface area contributed by atoms with Gasteiger partial charge in [0, 0.05) is 37.3 Å². The zero-order valence-electron chi connectivity index (χ0n) is 20.4. The van der Waals surface area contributed by atoms with Gasteiger partial charge in [0.15, 0.2) is 10.6 Å². The van der Waals surface area contributed by atoms with Gasteiger partial charge in [0.2, 0.25) is 18.0 Å². The van der Waals surface area contributed by atoms with Crippen LogP contribution in [-0.4, -0.2) is 71.9 Å². The second kappa shape index (κ2) is 10.6. The van der Waals surface area contributed by atoms with Crippen molar-refractivity contribution in [1.82, 2.24) is 35.2 Å². The Bertz CT molecular complexity index is 1390. The summed E-state index contributed by atoms with van der Waals surface area (Å²) in [5.74, 6) is -2.34. The third-order valence-electron chi connectivity index (χ3n) is 5.92. The number of amides is 1. The molecule has 206 valence electrons. The Morgan fingerprint density at radius 2 is 2.08 bits per heavy atom. The molecule has 1 atom stereocenters. The molecule has 39 heavy (non-hydrogen) atoms. The maximum absolute atomic E-state index is 13.5. The molecule has 0 spiro atoms. The average molecular weight is 612 g/mol. The largest absolute Gasteiger partial charge is 0.493 e. The van der Waals surface area contributed by atoms with Crippen LogP contribution in [0.1, 0.15) is 49.0 Å². The Morgan fingerprint density at radius 1 is 1.26 bits per heavy atom. The van der Waals surface area contributed by atoms with Crippen LogP contribution in [0.2, 0.25) is 0 Å². The predicted octanol–water partition coefficient (Wildman–Crippen LogP) is 3.64. The number of nitrogens with zero attached hydrogens (tertiary/aromatic N) is 8. The molecule has 0 aromatic carbocycles. The summed E-state index contributed by atoms with van der Waals surface area (Å²) in [4.78, 5) is 48.1. The lowest BCUT2D eigenvalue weighted by Gasteiger charge is -2.40. The third kappa shape index (κ3) is 5.30. The highest BCUT2D eigenvalue weighted by atomic mass is 79.9. The van der Waals surface area contributed by atoms with Crippen molar-refractivity contribution in [3.8, 4) is 11.4 Å². The van der Waals surface area contributed by atoms with Gasteiger partial charge in [0.1, 0.15) is 11.5 Å². The van der Waals surface area contributed by atoms with Gasteiger partial charge in [-0.05, 0) is 34.5 Å². The molecule has 13 nitrogen and oxygen atoms in total. The van der Waals surface area contributed by atoms with Crippen LogP contribution >= 0.6 is 15.9 Å². The number of H-pyrrole nitrogens is 1. The highest BCUT2D eigenvalue weighted by Crippen LogP contribution is 2.37. The fourth-order valence-electron chi connectivity index (χ4n) is 4.16. The lowest BCUT2D eigenvalue weighted by atomic mass is 10.2. The van der Waals surface area contributed by atoms with Crippen LogP contribution in [0.5, 0.6) is 0 Å². The van der Waals surface area contributed by atoms with E-state index in [2.05, 4.69) is 51.0 Å². The first-order valence-corrected chi connectivity index (χ1v) is 12.7. The average Bonchev–Trinajstić information content (AvgIpc) is 3.62. The summed E-state index contributed by atoms with van der Waals surface area (Å²) in [6.07, 6.45) is -1.01. The van der Waals surface area contributed by atoms with E-state index in [0.29, 0.717) is 29.5 Å². The summed E-state index contributed by atoms with van der Waals surface area (Å²) < 4.78 is 44.9. The van der Waals surface area contributed by atoms with Gasteiger partial charge in [-0.15, -0.1) is 5.10 Å². The van der Waals surface area contributed by atoms with Crippen molar-refractivity contribution < 1.29 is 32.1 Å². The second-order valence-corrected chi connectivity index (χ2v) is 9.35. The summed E-state index contributed by atoms with van der Waals surface area (Å²) in [7, 11) is 0. The summed E-state index contributed by atoms with van der Waals surface area (Å²) in [5.41, 5.74) is 0.741. The molecule has 5 heterocycles. The van der Waals surface area contributed by atoms with Gasteiger partial charge < -0.3 is 19.2 Å². The molecule has 5 rings (SSSR count). The molecule has 2 aliphatic rings. The van der Waals surface area contributed by atoms with E-state index in [1.54, 1.807) is 29.4 Å². The van der Waals surface area contributed by atoms with E-state index in [-0.39, 0.29) is 40.8 Å². The first kappa shape index (κ1) is 26.6. The van der Waals surface area contributed by atoms with Crippen LogP contribution < -0.4 is 4.90 Å². The molecule has 3 aromatic rings. The first-order chi connectivity index (χ1) is 18.7. The number of rotatable bonds is 9. The van der Waals surface area contributed by atoms with Gasteiger partial charge in [-0.2, -0.15) is 18.2 Å². The molecule has 0 aliphatic carbocycles. The highest BCUT2D eigenvalue weighted by molar-refractivity contribution is 9.10. The molecular formula is C22H21BrF3N9O4. The molecule has 3 aromatic heterocycles. The monoisotopic (exact) mass is 611 g/mol. The number of carbonyl (C=O) groups is 2. The summed E-state index contributed by atoms with van der Waals surface area (Å²) >= 11 is 3.21. The van der Waals surface area contributed by atoms with Crippen molar-refractivity contribution in [3.63, 3.8) is 0 Å².